The number of aromatic nitrogens is 2. The number of aryl methyl sites for hydroxylation is 1. The molecule has 1 fully saturated rings. The number of piperidine rings is 1. The lowest BCUT2D eigenvalue weighted by molar-refractivity contribution is 0.167. The zero-order valence-corrected chi connectivity index (χ0v) is 11.2. The van der Waals surface area contributed by atoms with Crippen molar-refractivity contribution in [3.05, 3.63) is 42.2 Å². The summed E-state index contributed by atoms with van der Waals surface area (Å²) in [5.74, 6) is 0.843. The molecule has 1 aliphatic heterocycles. The number of nitrogens with zero attached hydrogens (tertiary/aromatic N) is 2. The minimum Gasteiger partial charge on any atom is -0.486 e. The van der Waals surface area contributed by atoms with Crippen LogP contribution in [-0.4, -0.2) is 29.0 Å². The maximum Gasteiger partial charge on any atom is 0.158 e. The number of nitrogens with one attached hydrogen (secondary N) is 1. The number of rotatable bonds is 3. The molecule has 3 rings (SSSR count). The van der Waals surface area contributed by atoms with Gasteiger partial charge in [-0.1, -0.05) is 12.1 Å². The second-order valence-corrected chi connectivity index (χ2v) is 5.05. The minimum atomic E-state index is 0.268. The highest BCUT2D eigenvalue weighted by molar-refractivity contribution is 5.35. The predicted octanol–water partition coefficient (Wildman–Crippen LogP) is 2.31. The summed E-state index contributed by atoms with van der Waals surface area (Å²) in [4.78, 5) is 0. The Bertz CT molecular complexity index is 544. The van der Waals surface area contributed by atoms with Crippen LogP contribution in [0.4, 0.5) is 0 Å². The molecule has 4 nitrogen and oxygen atoms in total. The first-order valence-electron chi connectivity index (χ1n) is 6.80. The molecule has 0 bridgehead atoms. The van der Waals surface area contributed by atoms with Gasteiger partial charge in [0.2, 0.25) is 0 Å². The zero-order valence-electron chi connectivity index (χ0n) is 11.2. The van der Waals surface area contributed by atoms with Crippen LogP contribution in [0.1, 0.15) is 18.4 Å². The molecular weight excluding hydrogens is 238 g/mol. The van der Waals surface area contributed by atoms with Gasteiger partial charge in [-0.3, -0.25) is 0 Å². The van der Waals surface area contributed by atoms with E-state index in [4.69, 9.17) is 4.74 Å². The third kappa shape index (κ3) is 2.96. The Morgan fingerprint density at radius 3 is 3.16 bits per heavy atom. The van der Waals surface area contributed by atoms with E-state index < -0.39 is 0 Å². The van der Waals surface area contributed by atoms with Crippen molar-refractivity contribution in [3.8, 4) is 11.4 Å². The van der Waals surface area contributed by atoms with E-state index in [9.17, 15) is 0 Å². The molecule has 1 saturated heterocycles. The van der Waals surface area contributed by atoms with Crippen LogP contribution in [0.25, 0.3) is 5.69 Å². The summed E-state index contributed by atoms with van der Waals surface area (Å²) in [5, 5.41) is 7.71. The molecule has 2 aromatic rings. The van der Waals surface area contributed by atoms with Crippen LogP contribution >= 0.6 is 0 Å². The van der Waals surface area contributed by atoms with Gasteiger partial charge < -0.3 is 10.1 Å². The van der Waals surface area contributed by atoms with E-state index in [-0.39, 0.29) is 6.10 Å². The number of hydrogen-bond donors (Lipinski definition) is 1. The standard InChI is InChI=1S/C15H19N3O/c1-12-4-2-5-13(8-12)18-11-15(10-17-18)19-14-6-3-7-16-9-14/h2,4-5,8,10-11,14,16H,3,6-7,9H2,1H3. The van der Waals surface area contributed by atoms with Crippen molar-refractivity contribution in [2.75, 3.05) is 13.1 Å². The third-order valence-electron chi connectivity index (χ3n) is 3.38. The molecule has 0 spiro atoms. The fourth-order valence-corrected chi connectivity index (χ4v) is 2.39. The molecule has 19 heavy (non-hydrogen) atoms. The van der Waals surface area contributed by atoms with Crippen molar-refractivity contribution in [1.29, 1.82) is 0 Å². The largest absolute Gasteiger partial charge is 0.486 e. The van der Waals surface area contributed by atoms with E-state index in [0.717, 1.165) is 30.9 Å². The minimum absolute atomic E-state index is 0.268. The fourth-order valence-electron chi connectivity index (χ4n) is 2.39. The SMILES string of the molecule is Cc1cccc(-n2cc(OC3CCCNC3)cn2)c1. The highest BCUT2D eigenvalue weighted by atomic mass is 16.5. The molecule has 100 valence electrons. The van der Waals surface area contributed by atoms with Crippen molar-refractivity contribution >= 4 is 0 Å². The summed E-state index contributed by atoms with van der Waals surface area (Å²) in [5.41, 5.74) is 2.29. The Morgan fingerprint density at radius 1 is 1.42 bits per heavy atom. The topological polar surface area (TPSA) is 39.1 Å². The Kier molecular flexibility index (Phi) is 3.51. The van der Waals surface area contributed by atoms with Crippen molar-refractivity contribution < 1.29 is 4.74 Å². The predicted molar refractivity (Wildman–Crippen MR) is 74.8 cm³/mol. The molecule has 1 aromatic heterocycles. The maximum atomic E-state index is 5.94. The van der Waals surface area contributed by atoms with Crippen LogP contribution < -0.4 is 10.1 Å². The Hall–Kier alpha value is -1.81. The van der Waals surface area contributed by atoms with Gasteiger partial charge in [0.25, 0.3) is 0 Å². The molecule has 0 aliphatic carbocycles. The highest BCUT2D eigenvalue weighted by Gasteiger charge is 2.15. The second-order valence-electron chi connectivity index (χ2n) is 5.05. The fraction of sp³-hybridized carbons (Fsp3) is 0.400. The molecule has 1 unspecified atom stereocenters. The molecule has 0 saturated carbocycles. The summed E-state index contributed by atoms with van der Waals surface area (Å²) in [6, 6.07) is 8.28. The van der Waals surface area contributed by atoms with Crippen LogP contribution in [0, 0.1) is 6.92 Å². The molecule has 1 N–H and O–H groups in total. The smallest absolute Gasteiger partial charge is 0.158 e. The van der Waals surface area contributed by atoms with Gasteiger partial charge in [0.15, 0.2) is 5.75 Å². The molecule has 0 amide bonds. The van der Waals surface area contributed by atoms with E-state index in [1.807, 2.05) is 23.0 Å². The van der Waals surface area contributed by atoms with Crippen molar-refractivity contribution in [1.82, 2.24) is 15.1 Å². The first-order chi connectivity index (χ1) is 9.31. The average molecular weight is 257 g/mol. The summed E-state index contributed by atoms with van der Waals surface area (Å²) < 4.78 is 7.80. The maximum absolute atomic E-state index is 5.94. The van der Waals surface area contributed by atoms with E-state index in [2.05, 4.69) is 29.5 Å². The molecule has 0 radical (unpaired) electrons. The normalized spacial score (nSPS) is 19.3. The van der Waals surface area contributed by atoms with Gasteiger partial charge in [0, 0.05) is 6.54 Å². The van der Waals surface area contributed by atoms with Crippen LogP contribution in [-0.2, 0) is 0 Å². The first-order valence-corrected chi connectivity index (χ1v) is 6.80. The molecule has 1 atom stereocenters. The lowest BCUT2D eigenvalue weighted by Gasteiger charge is -2.22. The molecule has 1 aromatic carbocycles. The second kappa shape index (κ2) is 5.45. The van der Waals surface area contributed by atoms with E-state index in [0.29, 0.717) is 0 Å². The average Bonchev–Trinajstić information content (AvgIpc) is 2.88. The van der Waals surface area contributed by atoms with Crippen LogP contribution in [0.5, 0.6) is 5.75 Å². The van der Waals surface area contributed by atoms with E-state index >= 15 is 0 Å². The Balaban J connectivity index is 1.72. The van der Waals surface area contributed by atoms with Gasteiger partial charge in [-0.2, -0.15) is 5.10 Å². The number of benzene rings is 1. The number of ether oxygens (including phenoxy) is 1. The molecule has 1 aliphatic rings. The van der Waals surface area contributed by atoms with Crippen LogP contribution in [0.3, 0.4) is 0 Å². The highest BCUT2D eigenvalue weighted by Crippen LogP contribution is 2.17. The van der Waals surface area contributed by atoms with Crippen molar-refractivity contribution in [2.24, 2.45) is 0 Å². The summed E-state index contributed by atoms with van der Waals surface area (Å²) in [7, 11) is 0. The van der Waals surface area contributed by atoms with Gasteiger partial charge in [-0.15, -0.1) is 0 Å². The van der Waals surface area contributed by atoms with Crippen LogP contribution in [0.15, 0.2) is 36.7 Å². The Labute approximate surface area is 113 Å². The van der Waals surface area contributed by atoms with Gasteiger partial charge in [0.05, 0.1) is 18.1 Å². The lowest BCUT2D eigenvalue weighted by Crippen LogP contribution is -2.37. The lowest BCUT2D eigenvalue weighted by atomic mass is 10.1. The van der Waals surface area contributed by atoms with Crippen molar-refractivity contribution in [3.63, 3.8) is 0 Å². The molecular formula is C15H19N3O. The zero-order chi connectivity index (χ0) is 13.1. The molecule has 2 heterocycles. The van der Waals surface area contributed by atoms with Gasteiger partial charge in [-0.25, -0.2) is 4.68 Å². The van der Waals surface area contributed by atoms with Gasteiger partial charge in [0.1, 0.15) is 6.10 Å². The summed E-state index contributed by atoms with van der Waals surface area (Å²) in [6.07, 6.45) is 6.29. The quantitative estimate of drug-likeness (QED) is 0.917. The van der Waals surface area contributed by atoms with Gasteiger partial charge >= 0.3 is 0 Å². The summed E-state index contributed by atoms with van der Waals surface area (Å²) in [6.45, 7) is 4.11. The monoisotopic (exact) mass is 257 g/mol. The van der Waals surface area contributed by atoms with Crippen LogP contribution in [0.2, 0.25) is 0 Å². The van der Waals surface area contributed by atoms with Gasteiger partial charge in [-0.05, 0) is 44.0 Å². The summed E-state index contributed by atoms with van der Waals surface area (Å²) >= 11 is 0. The third-order valence-corrected chi connectivity index (χ3v) is 3.38. The number of hydrogen-bond acceptors (Lipinski definition) is 3. The van der Waals surface area contributed by atoms with Crippen molar-refractivity contribution in [2.45, 2.75) is 25.9 Å². The van der Waals surface area contributed by atoms with E-state index in [1.165, 1.54) is 12.0 Å². The first kappa shape index (κ1) is 12.2. The molecule has 4 heteroatoms. The Morgan fingerprint density at radius 2 is 2.37 bits per heavy atom. The van der Waals surface area contributed by atoms with E-state index in [1.54, 1.807) is 6.20 Å².